The second-order valence-electron chi connectivity index (χ2n) is 9.27. The number of ether oxygens (including phenoxy) is 1. The van der Waals surface area contributed by atoms with Crippen LogP contribution in [-0.2, 0) is 19.1 Å². The van der Waals surface area contributed by atoms with Gasteiger partial charge in [-0.05, 0) is 24.3 Å². The third-order valence-corrected chi connectivity index (χ3v) is 6.69. The largest absolute Gasteiger partial charge is 0.442 e. The summed E-state index contributed by atoms with van der Waals surface area (Å²) in [5.74, 6) is -1.07. The molecule has 0 radical (unpaired) electrons. The van der Waals surface area contributed by atoms with Gasteiger partial charge < -0.3 is 25.2 Å². The highest BCUT2D eigenvalue weighted by molar-refractivity contribution is 5.90. The summed E-state index contributed by atoms with van der Waals surface area (Å²) >= 11 is 0. The molecule has 2 fully saturated rings. The number of nitrogens with zero attached hydrogens (tertiary/aromatic N) is 4. The molecule has 2 N–H and O–H groups in total. The summed E-state index contributed by atoms with van der Waals surface area (Å²) in [5, 5.41) is 5.33. The van der Waals surface area contributed by atoms with Gasteiger partial charge in [0.05, 0.1) is 31.0 Å². The predicted octanol–water partition coefficient (Wildman–Crippen LogP) is 0.0934. The van der Waals surface area contributed by atoms with Crippen molar-refractivity contribution in [3.05, 3.63) is 36.2 Å². The van der Waals surface area contributed by atoms with Crippen LogP contribution in [0, 0.1) is 5.82 Å². The van der Waals surface area contributed by atoms with Crippen LogP contribution in [0.4, 0.5) is 20.6 Å². The van der Waals surface area contributed by atoms with E-state index in [1.807, 2.05) is 34.9 Å². The van der Waals surface area contributed by atoms with E-state index in [4.69, 9.17) is 4.74 Å². The number of likely N-dealkylation sites (N-methyl/N-ethyl adjacent to an activating group) is 1. The van der Waals surface area contributed by atoms with Crippen LogP contribution in [0.2, 0.25) is 0 Å². The van der Waals surface area contributed by atoms with E-state index >= 15 is 4.39 Å². The monoisotopic (exact) mass is 515 g/mol. The molecule has 1 unspecified atom stereocenters. The molecule has 4 amide bonds. The molecule has 4 rings (SSSR count). The van der Waals surface area contributed by atoms with Gasteiger partial charge in [0, 0.05) is 39.5 Å². The Labute approximate surface area is 214 Å². The maximum Gasteiger partial charge on any atom is 0.414 e. The summed E-state index contributed by atoms with van der Waals surface area (Å²) < 4.78 is 22.1. The molecule has 0 bridgehead atoms. The molecule has 2 saturated heterocycles. The molecular formula is C25H32FN6O5+. The van der Waals surface area contributed by atoms with E-state index in [1.54, 1.807) is 17.0 Å². The van der Waals surface area contributed by atoms with Crippen LogP contribution in [0.25, 0.3) is 0 Å². The summed E-state index contributed by atoms with van der Waals surface area (Å²) in [5.41, 5.74) is 0.758. The smallest absolute Gasteiger partial charge is 0.414 e. The zero-order chi connectivity index (χ0) is 26.5. The number of hydrogen-bond acceptors (Lipinski definition) is 6. The first kappa shape index (κ1) is 26.1. The molecule has 11 nitrogen and oxygen atoms in total. The van der Waals surface area contributed by atoms with Crippen molar-refractivity contribution in [2.75, 3.05) is 62.7 Å². The molecule has 0 aliphatic carbocycles. The molecule has 1 aromatic rings. The first-order chi connectivity index (χ1) is 17.7. The minimum Gasteiger partial charge on any atom is -0.442 e. The molecular weight excluding hydrogens is 483 g/mol. The van der Waals surface area contributed by atoms with Gasteiger partial charge in [0.25, 0.3) is 5.91 Å². The number of rotatable bonds is 7. The minimum absolute atomic E-state index is 0.0786. The van der Waals surface area contributed by atoms with E-state index in [2.05, 4.69) is 10.6 Å². The van der Waals surface area contributed by atoms with E-state index in [0.29, 0.717) is 44.0 Å². The van der Waals surface area contributed by atoms with E-state index in [-0.39, 0.29) is 43.4 Å². The number of allylic oxidation sites excluding steroid dienone is 1. The van der Waals surface area contributed by atoms with E-state index in [9.17, 15) is 19.2 Å². The maximum absolute atomic E-state index is 15.0. The van der Waals surface area contributed by atoms with Gasteiger partial charge in [-0.2, -0.15) is 0 Å². The number of carbonyl (C=O) groups is 4. The lowest BCUT2D eigenvalue weighted by Crippen LogP contribution is -2.52. The topological polar surface area (TPSA) is 114 Å². The molecule has 3 aliphatic heterocycles. The van der Waals surface area contributed by atoms with Gasteiger partial charge in [-0.15, -0.1) is 0 Å². The van der Waals surface area contributed by atoms with Crippen molar-refractivity contribution in [3.8, 4) is 0 Å². The average molecular weight is 516 g/mol. The quantitative estimate of drug-likeness (QED) is 0.498. The van der Waals surface area contributed by atoms with E-state index in [0.717, 1.165) is 0 Å². The van der Waals surface area contributed by atoms with Gasteiger partial charge in [-0.3, -0.25) is 19.3 Å². The Bertz CT molecular complexity index is 1130. The minimum atomic E-state index is -0.591. The van der Waals surface area contributed by atoms with Crippen molar-refractivity contribution in [2.24, 2.45) is 0 Å². The van der Waals surface area contributed by atoms with Crippen molar-refractivity contribution in [1.29, 1.82) is 0 Å². The van der Waals surface area contributed by atoms with Crippen LogP contribution in [-0.4, -0.2) is 105 Å². The number of benzene rings is 1. The van der Waals surface area contributed by atoms with Crippen LogP contribution < -0.4 is 20.4 Å². The fourth-order valence-electron chi connectivity index (χ4n) is 4.57. The average Bonchev–Trinajstić information content (AvgIpc) is 3.26. The molecule has 0 spiro atoms. The van der Waals surface area contributed by atoms with Crippen LogP contribution in [0.5, 0.6) is 0 Å². The van der Waals surface area contributed by atoms with Crippen molar-refractivity contribution < 1.29 is 32.9 Å². The summed E-state index contributed by atoms with van der Waals surface area (Å²) in [7, 11) is 1.82. The van der Waals surface area contributed by atoms with Crippen LogP contribution in [0.3, 0.4) is 0 Å². The molecule has 1 aromatic carbocycles. The fourth-order valence-corrected chi connectivity index (χ4v) is 4.57. The Balaban J connectivity index is 1.27. The summed E-state index contributed by atoms with van der Waals surface area (Å²) in [6.45, 7) is 3.38. The van der Waals surface area contributed by atoms with Crippen molar-refractivity contribution in [2.45, 2.75) is 25.5 Å². The third kappa shape index (κ3) is 6.25. The number of amides is 4. The zero-order valence-electron chi connectivity index (χ0n) is 21.0. The standard InChI is InChI=1S/C25H31FN6O5/c1-17(33)27-14-19-16-32(25(36)37-19)18-6-7-21(20(26)13-18)30-9-11-31(12-10-30)23(34)15-28-24(35)22-5-3-4-8-29(22)2/h3-4,6-8,13,19,22H,5,9-12,14-16H2,1-2H3,(H-,27,28,33,35)/p+1/t19-,22?/m0/s1. The van der Waals surface area contributed by atoms with Crippen molar-refractivity contribution >= 4 is 41.4 Å². The molecule has 0 saturated carbocycles. The summed E-state index contributed by atoms with van der Waals surface area (Å²) in [6, 6.07) is 4.23. The zero-order valence-corrected chi connectivity index (χ0v) is 21.0. The first-order valence-electron chi connectivity index (χ1n) is 12.3. The Hall–Kier alpha value is -3.96. The SMILES string of the molecule is CC(=O)NC[C@H]1CN(c2ccc(N3CCN(C(=O)CNC(=O)C4CC=CC=[N+]4C)CC3)c(F)c2)C(=O)O1. The molecule has 198 valence electrons. The normalized spacial score (nSPS) is 21.4. The number of piperazine rings is 1. The van der Waals surface area contributed by atoms with Crippen LogP contribution >= 0.6 is 0 Å². The lowest BCUT2D eigenvalue weighted by molar-refractivity contribution is -0.519. The molecule has 37 heavy (non-hydrogen) atoms. The summed E-state index contributed by atoms with van der Waals surface area (Å²) in [6.07, 6.45) is 5.12. The molecule has 3 aliphatic rings. The molecule has 2 atom stereocenters. The van der Waals surface area contributed by atoms with Gasteiger partial charge >= 0.3 is 6.09 Å². The number of cyclic esters (lactones) is 1. The number of nitrogens with one attached hydrogen (secondary N) is 2. The summed E-state index contributed by atoms with van der Waals surface area (Å²) in [4.78, 5) is 53.2. The Kier molecular flexibility index (Phi) is 8.04. The van der Waals surface area contributed by atoms with Crippen molar-refractivity contribution in [1.82, 2.24) is 15.5 Å². The van der Waals surface area contributed by atoms with Crippen LogP contribution in [0.15, 0.2) is 30.4 Å². The number of halogens is 1. The van der Waals surface area contributed by atoms with E-state index < -0.39 is 18.0 Å². The van der Waals surface area contributed by atoms with Crippen molar-refractivity contribution in [3.63, 3.8) is 0 Å². The second-order valence-corrected chi connectivity index (χ2v) is 9.27. The van der Waals surface area contributed by atoms with Gasteiger partial charge in [-0.25, -0.2) is 13.8 Å². The van der Waals surface area contributed by atoms with E-state index in [1.165, 1.54) is 17.9 Å². The maximum atomic E-state index is 15.0. The van der Waals surface area contributed by atoms with Gasteiger partial charge in [0.2, 0.25) is 17.9 Å². The number of carbonyl (C=O) groups excluding carboxylic acids is 4. The predicted molar refractivity (Wildman–Crippen MR) is 134 cm³/mol. The Morgan fingerprint density at radius 1 is 1.16 bits per heavy atom. The number of anilines is 2. The van der Waals surface area contributed by atoms with Gasteiger partial charge in [-0.1, -0.05) is 6.08 Å². The van der Waals surface area contributed by atoms with Gasteiger partial charge in [0.1, 0.15) is 19.0 Å². The highest BCUT2D eigenvalue weighted by Crippen LogP contribution is 2.28. The molecule has 0 aromatic heterocycles. The highest BCUT2D eigenvalue weighted by atomic mass is 19.1. The second kappa shape index (κ2) is 11.4. The fraction of sp³-hybridized carbons (Fsp3) is 0.480. The molecule has 3 heterocycles. The third-order valence-electron chi connectivity index (χ3n) is 6.69. The van der Waals surface area contributed by atoms with Crippen LogP contribution in [0.1, 0.15) is 13.3 Å². The van der Waals surface area contributed by atoms with Gasteiger partial charge in [0.15, 0.2) is 6.21 Å². The number of hydrogen-bond donors (Lipinski definition) is 2. The Morgan fingerprint density at radius 3 is 2.59 bits per heavy atom. The Morgan fingerprint density at radius 2 is 1.92 bits per heavy atom. The lowest BCUT2D eigenvalue weighted by Gasteiger charge is -2.36. The molecule has 12 heteroatoms. The lowest BCUT2D eigenvalue weighted by atomic mass is 10.1. The highest BCUT2D eigenvalue weighted by Gasteiger charge is 2.33. The first-order valence-corrected chi connectivity index (χ1v) is 12.3.